The fraction of sp³-hybridized carbons (Fsp3) is 0. The molecule has 0 aliphatic heterocycles. The van der Waals surface area contributed by atoms with Gasteiger partial charge in [0.05, 0.1) is 0 Å². The molecule has 0 unspecified atom stereocenters. The van der Waals surface area contributed by atoms with E-state index in [0.717, 1.165) is 0 Å². The summed E-state index contributed by atoms with van der Waals surface area (Å²) in [6.45, 7) is 0. The van der Waals surface area contributed by atoms with Crippen molar-refractivity contribution < 1.29 is 101 Å². The van der Waals surface area contributed by atoms with Crippen LogP contribution in [-0.2, 0) is 13.5 Å². The van der Waals surface area contributed by atoms with Crippen LogP contribution >= 0.6 is 0 Å². The van der Waals surface area contributed by atoms with E-state index in [0.29, 0.717) is 0 Å². The molecule has 18 N–H and O–H groups in total. The van der Waals surface area contributed by atoms with Gasteiger partial charge in [0.15, 0.2) is 0 Å². The van der Waals surface area contributed by atoms with Crippen molar-refractivity contribution in [1.82, 2.24) is 0 Å². The van der Waals surface area contributed by atoms with Gasteiger partial charge in [0.2, 0.25) is 0 Å². The van der Waals surface area contributed by atoms with Crippen molar-refractivity contribution in [1.29, 1.82) is 0 Å². The van der Waals surface area contributed by atoms with Crippen LogP contribution in [0.4, 0.5) is 0 Å². The first-order valence-electron chi connectivity index (χ1n) is 0. The summed E-state index contributed by atoms with van der Waals surface area (Å²) < 4.78 is 0. The van der Waals surface area contributed by atoms with Gasteiger partial charge in [-0.25, -0.2) is 0 Å². The summed E-state index contributed by atoms with van der Waals surface area (Å²) in [5, 5.41) is 0. The third kappa shape index (κ3) is 407. The van der Waals surface area contributed by atoms with Gasteiger partial charge in [-0.05, 0) is 0 Å². The SMILES string of the molecule is O.O.O.O.O.O.O.O.O.[K+].[SH-]. The maximum atomic E-state index is 0. The van der Waals surface area contributed by atoms with Gasteiger partial charge in [-0.3, -0.25) is 0 Å². The second kappa shape index (κ2) is 496. The Hall–Kier alpha value is 1.63. The standard InChI is InChI=1S/K.9H2O.H2S/h;10*1H2/q+1;;;;;;;;;;/p-1. The van der Waals surface area contributed by atoms with E-state index >= 15 is 0 Å². The molecule has 80 valence electrons. The molecule has 0 bridgehead atoms. The van der Waals surface area contributed by atoms with E-state index in [2.05, 4.69) is 0 Å². The Morgan fingerprint density at radius 1 is 0.273 bits per heavy atom. The van der Waals surface area contributed by atoms with Crippen LogP contribution in [0.1, 0.15) is 0 Å². The van der Waals surface area contributed by atoms with Gasteiger partial charge in [-0.2, -0.15) is 0 Å². The maximum absolute atomic E-state index is 0. The van der Waals surface area contributed by atoms with E-state index in [1.54, 1.807) is 0 Å². The molecule has 0 aromatic carbocycles. The molecular weight excluding hydrogens is 215 g/mol. The second-order valence-electron chi connectivity index (χ2n) is 0. The van der Waals surface area contributed by atoms with Crippen LogP contribution < -0.4 is 51.4 Å². The Morgan fingerprint density at radius 3 is 0.273 bits per heavy atom. The summed E-state index contributed by atoms with van der Waals surface area (Å²) in [4.78, 5) is 0. The van der Waals surface area contributed by atoms with Crippen LogP contribution in [-0.4, -0.2) is 49.3 Å². The largest absolute Gasteiger partial charge is 1.00 e. The predicted molar refractivity (Wildman–Crippen MR) is 41.3 cm³/mol. The van der Waals surface area contributed by atoms with Crippen molar-refractivity contribution >= 4 is 13.5 Å². The third-order valence-corrected chi connectivity index (χ3v) is 0. The molecule has 11 heteroatoms. The summed E-state index contributed by atoms with van der Waals surface area (Å²) in [6, 6.07) is 0. The summed E-state index contributed by atoms with van der Waals surface area (Å²) in [7, 11) is 0. The quantitative estimate of drug-likeness (QED) is 0.220. The van der Waals surface area contributed by atoms with E-state index in [1.165, 1.54) is 0 Å². The molecule has 11 heavy (non-hydrogen) atoms. The maximum Gasteiger partial charge on any atom is 1.00 e. The Bertz CT molecular complexity index is 9.52. The van der Waals surface area contributed by atoms with Crippen molar-refractivity contribution in [2.24, 2.45) is 0 Å². The van der Waals surface area contributed by atoms with Gasteiger partial charge < -0.3 is 62.8 Å². The van der Waals surface area contributed by atoms with Gasteiger partial charge in [-0.1, -0.05) is 0 Å². The van der Waals surface area contributed by atoms with Crippen LogP contribution in [0.2, 0.25) is 0 Å². The van der Waals surface area contributed by atoms with E-state index < -0.39 is 0 Å². The molecule has 0 fully saturated rings. The van der Waals surface area contributed by atoms with Crippen LogP contribution in [0.25, 0.3) is 0 Å². The summed E-state index contributed by atoms with van der Waals surface area (Å²) in [5.41, 5.74) is 0. The molecule has 0 aliphatic carbocycles. The van der Waals surface area contributed by atoms with Crippen molar-refractivity contribution in [3.8, 4) is 0 Å². The molecule has 0 saturated carbocycles. The molecule has 0 saturated heterocycles. The molecule has 0 heterocycles. The number of hydrogen-bond acceptors (Lipinski definition) is 1. The minimum atomic E-state index is 0. The Kier molecular flexibility index (Phi) is 29100. The summed E-state index contributed by atoms with van der Waals surface area (Å²) in [6.07, 6.45) is 0. The van der Waals surface area contributed by atoms with E-state index in [1.807, 2.05) is 0 Å². The van der Waals surface area contributed by atoms with Gasteiger partial charge in [0, 0.05) is 0 Å². The zero-order valence-electron chi connectivity index (χ0n) is 5.95. The normalized spacial score (nSPS) is 0. The molecule has 0 radical (unpaired) electrons. The van der Waals surface area contributed by atoms with Crippen molar-refractivity contribution in [3.63, 3.8) is 0 Å². The van der Waals surface area contributed by atoms with Gasteiger partial charge in [0.1, 0.15) is 0 Å². The molecule has 0 rings (SSSR count). The predicted octanol–water partition coefficient (Wildman–Crippen LogP) is -10.7. The number of rotatable bonds is 0. The first kappa shape index (κ1) is 645. The van der Waals surface area contributed by atoms with Crippen LogP contribution in [0.5, 0.6) is 0 Å². The fourth-order valence-electron chi connectivity index (χ4n) is 0. The van der Waals surface area contributed by atoms with E-state index in [-0.39, 0.29) is 114 Å². The Balaban J connectivity index is 0. The monoisotopic (exact) mass is 234 g/mol. The molecule has 0 aliphatic rings. The Labute approximate surface area is 113 Å². The van der Waals surface area contributed by atoms with Gasteiger partial charge in [-0.15, -0.1) is 0 Å². The van der Waals surface area contributed by atoms with Crippen molar-refractivity contribution in [3.05, 3.63) is 0 Å². The molecule has 0 atom stereocenters. The third-order valence-electron chi connectivity index (χ3n) is 0. The summed E-state index contributed by atoms with van der Waals surface area (Å²) >= 11 is 0. The van der Waals surface area contributed by atoms with Gasteiger partial charge >= 0.3 is 51.4 Å². The first-order chi connectivity index (χ1) is 0. The smallest absolute Gasteiger partial charge is 0.813 e. The van der Waals surface area contributed by atoms with E-state index in [9.17, 15) is 0 Å². The van der Waals surface area contributed by atoms with Gasteiger partial charge in [0.25, 0.3) is 0 Å². The number of hydrogen-bond donors (Lipinski definition) is 0. The molecular formula is H19KO9S. The fourth-order valence-corrected chi connectivity index (χ4v) is 0. The average molecular weight is 234 g/mol. The molecule has 0 spiro atoms. The zero-order chi connectivity index (χ0) is 0. The topological polar surface area (TPSA) is 284 Å². The summed E-state index contributed by atoms with van der Waals surface area (Å²) in [5.74, 6) is 0. The average Bonchev–Trinajstić information content (AvgIpc) is 0. The zero-order valence-corrected chi connectivity index (χ0v) is 9.96. The van der Waals surface area contributed by atoms with Crippen molar-refractivity contribution in [2.75, 3.05) is 0 Å². The minimum Gasteiger partial charge on any atom is -0.813 e. The Morgan fingerprint density at radius 2 is 0.273 bits per heavy atom. The second-order valence-corrected chi connectivity index (χ2v) is 0. The first-order valence-corrected chi connectivity index (χ1v) is 0. The molecule has 0 aromatic heterocycles. The van der Waals surface area contributed by atoms with Crippen LogP contribution in [0.15, 0.2) is 0 Å². The molecule has 0 amide bonds. The van der Waals surface area contributed by atoms with Crippen LogP contribution in [0, 0.1) is 0 Å². The van der Waals surface area contributed by atoms with Crippen molar-refractivity contribution in [2.45, 2.75) is 0 Å². The molecule has 0 aromatic rings. The van der Waals surface area contributed by atoms with E-state index in [4.69, 9.17) is 0 Å². The minimum absolute atomic E-state index is 0. The molecule has 9 nitrogen and oxygen atoms in total. The van der Waals surface area contributed by atoms with Crippen LogP contribution in [0.3, 0.4) is 0 Å². The number of thiol groups is 1.